The number of hydrogen-bond acceptors (Lipinski definition) is 5. The van der Waals surface area contributed by atoms with Crippen LogP contribution in [0.5, 0.6) is 0 Å². The van der Waals surface area contributed by atoms with E-state index in [9.17, 15) is 14.4 Å². The van der Waals surface area contributed by atoms with E-state index in [4.69, 9.17) is 22.1 Å². The Morgan fingerprint density at radius 3 is 2.69 bits per heavy atom. The van der Waals surface area contributed by atoms with Crippen molar-refractivity contribution in [2.45, 2.75) is 45.4 Å². The second kappa shape index (κ2) is 7.87. The smallest absolute Gasteiger partial charge is 0.410 e. The molecule has 0 bridgehead atoms. The summed E-state index contributed by atoms with van der Waals surface area (Å²) < 4.78 is 7.08. The molecule has 1 aromatic carbocycles. The van der Waals surface area contributed by atoms with Crippen molar-refractivity contribution in [2.75, 3.05) is 6.54 Å². The molecule has 1 aromatic heterocycles. The van der Waals surface area contributed by atoms with Crippen LogP contribution in [0.4, 0.5) is 4.79 Å². The number of benzene rings is 1. The van der Waals surface area contributed by atoms with Gasteiger partial charge in [0.15, 0.2) is 0 Å². The third kappa shape index (κ3) is 4.42. The average molecular weight is 419 g/mol. The van der Waals surface area contributed by atoms with E-state index in [1.807, 2.05) is 0 Å². The lowest BCUT2D eigenvalue weighted by atomic mass is 10.0. The van der Waals surface area contributed by atoms with Crippen molar-refractivity contribution in [2.24, 2.45) is 5.73 Å². The van der Waals surface area contributed by atoms with Crippen LogP contribution in [0.1, 0.15) is 49.3 Å². The molecule has 0 saturated carbocycles. The highest BCUT2D eigenvalue weighted by Gasteiger charge is 2.36. The molecule has 3 rings (SSSR count). The third-order valence-electron chi connectivity index (χ3n) is 4.49. The van der Waals surface area contributed by atoms with Gasteiger partial charge in [-0.15, -0.1) is 0 Å². The number of aldehydes is 1. The predicted molar refractivity (Wildman–Crippen MR) is 108 cm³/mol. The zero-order valence-corrected chi connectivity index (χ0v) is 17.3. The molecule has 0 fully saturated rings. The largest absolute Gasteiger partial charge is 0.444 e. The zero-order chi connectivity index (χ0) is 21.3. The first kappa shape index (κ1) is 20.9. The lowest BCUT2D eigenvalue weighted by Gasteiger charge is -2.34. The van der Waals surface area contributed by atoms with Gasteiger partial charge in [-0.1, -0.05) is 23.7 Å². The van der Waals surface area contributed by atoms with Gasteiger partial charge >= 0.3 is 6.09 Å². The number of amides is 2. The van der Waals surface area contributed by atoms with Crippen LogP contribution in [0.3, 0.4) is 0 Å². The summed E-state index contributed by atoms with van der Waals surface area (Å²) in [6.07, 6.45) is 0.361. The first-order valence-electron chi connectivity index (χ1n) is 9.19. The Kier molecular flexibility index (Phi) is 5.66. The molecular formula is C20H23ClN4O4. The second-order valence-corrected chi connectivity index (χ2v) is 8.34. The maximum absolute atomic E-state index is 12.6. The van der Waals surface area contributed by atoms with Gasteiger partial charge in [0.1, 0.15) is 17.6 Å². The molecule has 0 saturated heterocycles. The van der Waals surface area contributed by atoms with Crippen molar-refractivity contribution in [3.8, 4) is 11.3 Å². The van der Waals surface area contributed by atoms with Gasteiger partial charge in [0, 0.05) is 23.6 Å². The second-order valence-electron chi connectivity index (χ2n) is 7.91. The van der Waals surface area contributed by atoms with Gasteiger partial charge in [0.2, 0.25) is 0 Å². The number of carbonyl (C=O) groups is 3. The summed E-state index contributed by atoms with van der Waals surface area (Å²) in [6.45, 7) is 5.64. The Hall–Kier alpha value is -2.87. The summed E-state index contributed by atoms with van der Waals surface area (Å²) in [4.78, 5) is 37.6. The molecule has 8 nitrogen and oxygen atoms in total. The van der Waals surface area contributed by atoms with Crippen molar-refractivity contribution in [3.05, 3.63) is 40.5 Å². The minimum Gasteiger partial charge on any atom is -0.444 e. The fourth-order valence-corrected chi connectivity index (χ4v) is 3.54. The molecule has 2 amide bonds. The van der Waals surface area contributed by atoms with E-state index in [1.54, 1.807) is 49.7 Å². The van der Waals surface area contributed by atoms with Crippen LogP contribution in [0.25, 0.3) is 11.3 Å². The van der Waals surface area contributed by atoms with Gasteiger partial charge < -0.3 is 20.2 Å². The molecule has 1 unspecified atom stereocenters. The number of ether oxygens (including phenoxy) is 1. The normalized spacial score (nSPS) is 16.3. The molecule has 2 aromatic rings. The minimum atomic E-state index is -0.673. The molecule has 2 heterocycles. The summed E-state index contributed by atoms with van der Waals surface area (Å²) >= 11 is 6.09. The van der Waals surface area contributed by atoms with Crippen LogP contribution in [-0.2, 0) is 16.1 Å². The van der Waals surface area contributed by atoms with Crippen molar-refractivity contribution < 1.29 is 19.1 Å². The highest BCUT2D eigenvalue weighted by atomic mass is 35.5. The molecule has 9 heteroatoms. The number of rotatable bonds is 4. The van der Waals surface area contributed by atoms with E-state index in [-0.39, 0.29) is 25.1 Å². The first-order valence-corrected chi connectivity index (χ1v) is 9.57. The molecule has 1 aliphatic heterocycles. The quantitative estimate of drug-likeness (QED) is 0.767. The maximum Gasteiger partial charge on any atom is 0.410 e. The highest BCUT2D eigenvalue weighted by molar-refractivity contribution is 6.30. The molecule has 0 aliphatic carbocycles. The number of halogens is 1. The van der Waals surface area contributed by atoms with Gasteiger partial charge in [-0.2, -0.15) is 5.10 Å². The summed E-state index contributed by atoms with van der Waals surface area (Å²) in [5.41, 5.74) is 6.67. The van der Waals surface area contributed by atoms with Crippen LogP contribution in [0.15, 0.2) is 24.3 Å². The Morgan fingerprint density at radius 2 is 2.10 bits per heavy atom. The fraction of sp³-hybridized carbons (Fsp3) is 0.400. The standard InChI is InChI=1S/C20H23ClN4O4/c1-20(2,3)29-19(28)24-10-14(7-8-26)25-15(11-24)16(18(22)27)17(23-25)12-5-4-6-13(21)9-12/h4-6,8-9,14H,7,10-11H2,1-3H3,(H2,22,27). The van der Waals surface area contributed by atoms with E-state index >= 15 is 0 Å². The van der Waals surface area contributed by atoms with Crippen LogP contribution in [0.2, 0.25) is 5.02 Å². The van der Waals surface area contributed by atoms with Crippen LogP contribution in [-0.4, -0.2) is 45.1 Å². The summed E-state index contributed by atoms with van der Waals surface area (Å²) in [5.74, 6) is -0.669. The van der Waals surface area contributed by atoms with Crippen LogP contribution >= 0.6 is 11.6 Å². The monoisotopic (exact) mass is 418 g/mol. The zero-order valence-electron chi connectivity index (χ0n) is 16.5. The van der Waals surface area contributed by atoms with Gasteiger partial charge in [0.25, 0.3) is 5.91 Å². The number of nitrogens with two attached hydrogens (primary N) is 1. The third-order valence-corrected chi connectivity index (χ3v) is 4.73. The van der Waals surface area contributed by atoms with Crippen LogP contribution < -0.4 is 5.73 Å². The average Bonchev–Trinajstić information content (AvgIpc) is 3.00. The lowest BCUT2D eigenvalue weighted by molar-refractivity contribution is -0.108. The van der Waals surface area contributed by atoms with Crippen molar-refractivity contribution in [1.82, 2.24) is 14.7 Å². The number of primary amides is 1. The van der Waals surface area contributed by atoms with Gasteiger partial charge in [-0.25, -0.2) is 4.79 Å². The maximum atomic E-state index is 12.6. The number of fused-ring (bicyclic) bond motifs is 1. The highest BCUT2D eigenvalue weighted by Crippen LogP contribution is 2.33. The number of aromatic nitrogens is 2. The molecule has 1 aliphatic rings. The minimum absolute atomic E-state index is 0.0934. The molecule has 0 radical (unpaired) electrons. The Bertz CT molecular complexity index is 964. The van der Waals surface area contributed by atoms with Gasteiger partial charge in [-0.05, 0) is 32.9 Å². The van der Waals surface area contributed by atoms with Crippen molar-refractivity contribution in [3.63, 3.8) is 0 Å². The molecule has 2 N–H and O–H groups in total. The van der Waals surface area contributed by atoms with Gasteiger partial charge in [0.05, 0.1) is 23.8 Å². The summed E-state index contributed by atoms with van der Waals surface area (Å²) in [6, 6.07) is 6.48. The van der Waals surface area contributed by atoms with E-state index in [2.05, 4.69) is 5.10 Å². The SMILES string of the molecule is CC(C)(C)OC(=O)N1Cc2c(C(N)=O)c(-c3cccc(Cl)c3)nn2C(CC=O)C1. The molecule has 0 spiro atoms. The Balaban J connectivity index is 2.09. The molecule has 154 valence electrons. The predicted octanol–water partition coefficient (Wildman–Crippen LogP) is 3.18. The first-order chi connectivity index (χ1) is 13.6. The number of nitrogens with zero attached hydrogens (tertiary/aromatic N) is 3. The topological polar surface area (TPSA) is 108 Å². The lowest BCUT2D eigenvalue weighted by Crippen LogP contribution is -2.44. The van der Waals surface area contributed by atoms with Crippen LogP contribution in [0, 0.1) is 0 Å². The molecule has 29 heavy (non-hydrogen) atoms. The van der Waals surface area contributed by atoms with E-state index < -0.39 is 23.6 Å². The number of hydrogen-bond donors (Lipinski definition) is 1. The number of carbonyl (C=O) groups excluding carboxylic acids is 3. The van der Waals surface area contributed by atoms with E-state index in [0.29, 0.717) is 22.0 Å². The Labute approximate surface area is 173 Å². The van der Waals surface area contributed by atoms with Gasteiger partial charge in [-0.3, -0.25) is 9.48 Å². The molecule has 1 atom stereocenters. The van der Waals surface area contributed by atoms with Crippen molar-refractivity contribution in [1.29, 1.82) is 0 Å². The van der Waals surface area contributed by atoms with E-state index in [0.717, 1.165) is 6.29 Å². The summed E-state index contributed by atoms with van der Waals surface area (Å²) in [5, 5.41) is 5.06. The molecular weight excluding hydrogens is 396 g/mol. The van der Waals surface area contributed by atoms with E-state index in [1.165, 1.54) is 4.90 Å². The summed E-state index contributed by atoms with van der Waals surface area (Å²) in [7, 11) is 0. The van der Waals surface area contributed by atoms with Crippen molar-refractivity contribution >= 4 is 29.9 Å². The Morgan fingerprint density at radius 1 is 1.38 bits per heavy atom. The fourth-order valence-electron chi connectivity index (χ4n) is 3.35.